The van der Waals surface area contributed by atoms with Crippen molar-refractivity contribution in [3.8, 4) is 16.9 Å². The molecule has 11 heteroatoms. The van der Waals surface area contributed by atoms with Gasteiger partial charge in [-0.1, -0.05) is 24.3 Å². The monoisotopic (exact) mass is 525 g/mol. The lowest BCUT2D eigenvalue weighted by Crippen LogP contribution is -2.46. The Morgan fingerprint density at radius 3 is 2.37 bits per heavy atom. The Kier molecular flexibility index (Phi) is 8.80. The van der Waals surface area contributed by atoms with E-state index in [0.717, 1.165) is 16.8 Å². The van der Waals surface area contributed by atoms with Crippen LogP contribution < -0.4 is 15.4 Å². The van der Waals surface area contributed by atoms with Gasteiger partial charge in [-0.25, -0.2) is 9.97 Å². The number of aromatic nitrogens is 2. The van der Waals surface area contributed by atoms with Crippen LogP contribution >= 0.6 is 0 Å². The number of aliphatic hydroxyl groups excluding tert-OH is 1. The first-order valence-electron chi connectivity index (χ1n) is 12.3. The lowest BCUT2D eigenvalue weighted by Gasteiger charge is -2.34. The highest BCUT2D eigenvalue weighted by atomic mass is 19.3. The number of halogens is 2. The molecule has 0 saturated carbocycles. The van der Waals surface area contributed by atoms with E-state index in [4.69, 9.17) is 0 Å². The standard InChI is InChI=1S/C27H29F2N5O4/c1-2-34(25(37)19-7-12-24(36)30-13-19)23(16-35)18-3-8-21(9-4-18)33-27-31-14-20(15-32-27)17-5-10-22(11-6-17)38-26(28)29/h3-6,8-11,14-15,19,23,26,35H,2,7,12-13,16H2,1H3,(H,30,36)(H,31,32,33). The lowest BCUT2D eigenvalue weighted by molar-refractivity contribution is -0.140. The van der Waals surface area contributed by atoms with Gasteiger partial charge in [0.25, 0.3) is 0 Å². The molecule has 2 unspecified atom stereocenters. The number of hydrogen-bond acceptors (Lipinski definition) is 7. The maximum atomic E-state index is 13.1. The van der Waals surface area contributed by atoms with Crippen LogP contribution in [0.2, 0.25) is 0 Å². The number of nitrogens with zero attached hydrogens (tertiary/aromatic N) is 3. The van der Waals surface area contributed by atoms with E-state index < -0.39 is 12.7 Å². The molecular weight excluding hydrogens is 496 g/mol. The minimum atomic E-state index is -2.88. The van der Waals surface area contributed by atoms with E-state index in [-0.39, 0.29) is 30.1 Å². The van der Waals surface area contributed by atoms with Gasteiger partial charge in [-0.2, -0.15) is 8.78 Å². The molecule has 1 fully saturated rings. The van der Waals surface area contributed by atoms with E-state index in [1.807, 2.05) is 31.2 Å². The fourth-order valence-electron chi connectivity index (χ4n) is 4.38. The summed E-state index contributed by atoms with van der Waals surface area (Å²) in [7, 11) is 0. The molecule has 3 aromatic rings. The summed E-state index contributed by atoms with van der Waals surface area (Å²) < 4.78 is 29.0. The van der Waals surface area contributed by atoms with Crippen LogP contribution in [0.25, 0.3) is 11.1 Å². The van der Waals surface area contributed by atoms with Crippen LogP contribution in [0.1, 0.15) is 31.4 Å². The molecule has 1 aliphatic rings. The van der Waals surface area contributed by atoms with Crippen LogP contribution in [-0.4, -0.2) is 58.1 Å². The summed E-state index contributed by atoms with van der Waals surface area (Å²) in [6.45, 7) is -0.503. The minimum Gasteiger partial charge on any atom is -0.435 e. The minimum absolute atomic E-state index is 0.0473. The van der Waals surface area contributed by atoms with Crippen LogP contribution in [0.4, 0.5) is 20.4 Å². The third-order valence-corrected chi connectivity index (χ3v) is 6.40. The second-order valence-corrected chi connectivity index (χ2v) is 8.81. The summed E-state index contributed by atoms with van der Waals surface area (Å²) in [6.07, 6.45) is 4.06. The molecule has 0 bridgehead atoms. The predicted molar refractivity (Wildman–Crippen MR) is 137 cm³/mol. The zero-order valence-corrected chi connectivity index (χ0v) is 20.8. The number of alkyl halides is 2. The topological polar surface area (TPSA) is 117 Å². The number of aliphatic hydroxyl groups is 1. The number of piperidine rings is 1. The van der Waals surface area contributed by atoms with Crippen molar-refractivity contribution in [1.82, 2.24) is 20.2 Å². The number of nitrogens with one attached hydrogen (secondary N) is 2. The van der Waals surface area contributed by atoms with E-state index >= 15 is 0 Å². The fourth-order valence-corrected chi connectivity index (χ4v) is 4.38. The number of ether oxygens (including phenoxy) is 1. The summed E-state index contributed by atoms with van der Waals surface area (Å²) in [6, 6.07) is 13.0. The first kappa shape index (κ1) is 26.9. The van der Waals surface area contributed by atoms with E-state index in [2.05, 4.69) is 25.3 Å². The molecule has 4 rings (SSSR count). The number of carbonyl (C=O) groups excluding carboxylic acids is 2. The number of hydrogen-bond donors (Lipinski definition) is 3. The molecule has 2 heterocycles. The van der Waals surface area contributed by atoms with Crippen molar-refractivity contribution in [2.24, 2.45) is 5.92 Å². The van der Waals surface area contributed by atoms with Gasteiger partial charge in [-0.3, -0.25) is 9.59 Å². The maximum absolute atomic E-state index is 13.1. The van der Waals surface area contributed by atoms with Crippen LogP contribution in [0, 0.1) is 5.92 Å². The van der Waals surface area contributed by atoms with Crippen LogP contribution in [0.5, 0.6) is 5.75 Å². The highest BCUT2D eigenvalue weighted by Gasteiger charge is 2.31. The summed E-state index contributed by atoms with van der Waals surface area (Å²) in [5.41, 5.74) is 2.96. The van der Waals surface area contributed by atoms with Crippen molar-refractivity contribution in [1.29, 1.82) is 0 Å². The number of rotatable bonds is 10. The summed E-state index contributed by atoms with van der Waals surface area (Å²) in [5.74, 6) is 0.00490. The Balaban J connectivity index is 1.39. The Hall–Kier alpha value is -4.12. The molecule has 2 atom stereocenters. The first-order chi connectivity index (χ1) is 18.4. The van der Waals surface area contributed by atoms with Crippen molar-refractivity contribution in [3.63, 3.8) is 0 Å². The zero-order chi connectivity index (χ0) is 27.1. The third-order valence-electron chi connectivity index (χ3n) is 6.40. The molecule has 1 aliphatic heterocycles. The summed E-state index contributed by atoms with van der Waals surface area (Å²) >= 11 is 0. The van der Waals surface area contributed by atoms with Gasteiger partial charge in [0.05, 0.1) is 18.6 Å². The molecule has 3 N–H and O–H groups in total. The van der Waals surface area contributed by atoms with Gasteiger partial charge in [-0.15, -0.1) is 0 Å². The van der Waals surface area contributed by atoms with Crippen LogP contribution in [0.3, 0.4) is 0 Å². The summed E-state index contributed by atoms with van der Waals surface area (Å²) in [4.78, 5) is 34.8. The maximum Gasteiger partial charge on any atom is 0.387 e. The number of anilines is 2. The quantitative estimate of drug-likeness (QED) is 0.368. The highest BCUT2D eigenvalue weighted by molar-refractivity contribution is 5.84. The molecule has 38 heavy (non-hydrogen) atoms. The van der Waals surface area contributed by atoms with Gasteiger partial charge >= 0.3 is 6.61 Å². The van der Waals surface area contributed by atoms with E-state index in [0.29, 0.717) is 37.4 Å². The zero-order valence-electron chi connectivity index (χ0n) is 20.8. The number of likely N-dealkylation sites (N-methyl/N-ethyl adjacent to an activating group) is 1. The van der Waals surface area contributed by atoms with Crippen molar-refractivity contribution < 1.29 is 28.2 Å². The normalized spacial score (nSPS) is 16.0. The molecule has 2 amide bonds. The smallest absolute Gasteiger partial charge is 0.387 e. The average Bonchev–Trinajstić information content (AvgIpc) is 2.93. The van der Waals surface area contributed by atoms with E-state index in [9.17, 15) is 23.5 Å². The van der Waals surface area contributed by atoms with Gasteiger partial charge < -0.3 is 25.4 Å². The number of amides is 2. The molecular formula is C27H29F2N5O4. The van der Waals surface area contributed by atoms with Crippen LogP contribution in [0.15, 0.2) is 60.9 Å². The van der Waals surface area contributed by atoms with Gasteiger partial charge in [-0.05, 0) is 48.7 Å². The molecule has 0 spiro atoms. The van der Waals surface area contributed by atoms with Crippen molar-refractivity contribution in [3.05, 3.63) is 66.5 Å². The second-order valence-electron chi connectivity index (χ2n) is 8.81. The highest BCUT2D eigenvalue weighted by Crippen LogP contribution is 2.27. The van der Waals surface area contributed by atoms with Gasteiger partial charge in [0.15, 0.2) is 0 Å². The molecule has 0 radical (unpaired) electrons. The molecule has 1 saturated heterocycles. The number of carbonyl (C=O) groups is 2. The molecule has 9 nitrogen and oxygen atoms in total. The molecule has 200 valence electrons. The van der Waals surface area contributed by atoms with Crippen molar-refractivity contribution >= 4 is 23.5 Å². The average molecular weight is 526 g/mol. The fraction of sp³-hybridized carbons (Fsp3) is 0.333. The summed E-state index contributed by atoms with van der Waals surface area (Å²) in [5, 5.41) is 16.0. The Bertz CT molecular complexity index is 1210. The van der Waals surface area contributed by atoms with Crippen LogP contribution in [-0.2, 0) is 9.59 Å². The lowest BCUT2D eigenvalue weighted by atomic mass is 9.95. The van der Waals surface area contributed by atoms with E-state index in [1.165, 1.54) is 12.1 Å². The second kappa shape index (κ2) is 12.4. The Morgan fingerprint density at radius 1 is 1.13 bits per heavy atom. The molecule has 0 aliphatic carbocycles. The van der Waals surface area contributed by atoms with E-state index in [1.54, 1.807) is 29.4 Å². The first-order valence-corrected chi connectivity index (χ1v) is 12.3. The Morgan fingerprint density at radius 2 is 1.82 bits per heavy atom. The number of benzene rings is 2. The van der Waals surface area contributed by atoms with Crippen molar-refractivity contribution in [2.75, 3.05) is 25.0 Å². The molecule has 1 aromatic heterocycles. The largest absolute Gasteiger partial charge is 0.435 e. The van der Waals surface area contributed by atoms with Crippen molar-refractivity contribution in [2.45, 2.75) is 32.4 Å². The molecule has 2 aromatic carbocycles. The third kappa shape index (κ3) is 6.60. The Labute approximate surface area is 218 Å². The van der Waals surface area contributed by atoms with Gasteiger partial charge in [0.2, 0.25) is 17.8 Å². The van der Waals surface area contributed by atoms with Gasteiger partial charge in [0.1, 0.15) is 5.75 Å². The SMILES string of the molecule is CCN(C(=O)C1CCC(=O)NC1)C(CO)c1ccc(Nc2ncc(-c3ccc(OC(F)F)cc3)cn2)cc1. The van der Waals surface area contributed by atoms with Gasteiger partial charge in [0, 0.05) is 43.2 Å². The predicted octanol–water partition coefficient (Wildman–Crippen LogP) is 3.90.